The number of rotatable bonds is 4. The van der Waals surface area contributed by atoms with Crippen LogP contribution >= 0.6 is 11.3 Å². The minimum absolute atomic E-state index is 0.0713. The van der Waals surface area contributed by atoms with Crippen molar-refractivity contribution in [3.63, 3.8) is 0 Å². The first-order valence-corrected chi connectivity index (χ1v) is 9.34. The van der Waals surface area contributed by atoms with E-state index in [-0.39, 0.29) is 12.5 Å². The number of aromatic nitrogens is 1. The number of carbonyl (C=O) groups is 1. The number of fused-ring (bicyclic) bond motifs is 1. The number of nitrogens with one attached hydrogen (secondary N) is 1. The third kappa shape index (κ3) is 2.90. The van der Waals surface area contributed by atoms with Crippen molar-refractivity contribution in [1.29, 1.82) is 0 Å². The molecule has 4 rings (SSSR count). The van der Waals surface area contributed by atoms with Gasteiger partial charge in [-0.15, -0.1) is 11.3 Å². The summed E-state index contributed by atoms with van der Waals surface area (Å²) in [6.07, 6.45) is 8.23. The molecule has 2 aromatic heterocycles. The zero-order valence-corrected chi connectivity index (χ0v) is 14.4. The molecule has 0 saturated carbocycles. The van der Waals surface area contributed by atoms with Crippen LogP contribution in [0.2, 0.25) is 0 Å². The Bertz CT molecular complexity index is 730. The number of thiophene rings is 1. The molecule has 0 radical (unpaired) electrons. The summed E-state index contributed by atoms with van der Waals surface area (Å²) in [5.41, 5.74) is 1.14. The van der Waals surface area contributed by atoms with E-state index in [4.69, 9.17) is 4.74 Å². The lowest BCUT2D eigenvalue weighted by Gasteiger charge is -2.32. The summed E-state index contributed by atoms with van der Waals surface area (Å²) in [6, 6.07) is 3.94. The van der Waals surface area contributed by atoms with Crippen LogP contribution in [-0.4, -0.2) is 40.9 Å². The van der Waals surface area contributed by atoms with Crippen LogP contribution in [0, 0.1) is 0 Å². The van der Waals surface area contributed by atoms with Gasteiger partial charge in [0.25, 0.3) is 5.91 Å². The number of hydrogen-bond donors (Lipinski definition) is 2. The van der Waals surface area contributed by atoms with Gasteiger partial charge in [-0.05, 0) is 37.0 Å². The number of hydrogen-bond acceptors (Lipinski definition) is 4. The number of aryl methyl sites for hydroxylation is 1. The Kier molecular flexibility index (Phi) is 4.20. The van der Waals surface area contributed by atoms with Crippen molar-refractivity contribution in [2.45, 2.75) is 37.7 Å². The summed E-state index contributed by atoms with van der Waals surface area (Å²) in [4.78, 5) is 14.2. The Labute approximate surface area is 145 Å². The van der Waals surface area contributed by atoms with Crippen LogP contribution in [0.1, 0.15) is 40.1 Å². The Morgan fingerprint density at radius 3 is 2.79 bits per heavy atom. The molecule has 1 aliphatic carbocycles. The van der Waals surface area contributed by atoms with E-state index in [1.54, 1.807) is 11.3 Å². The Morgan fingerprint density at radius 2 is 2.04 bits per heavy atom. The number of amides is 1. The first-order chi connectivity index (χ1) is 11.7. The largest absolute Gasteiger partial charge is 0.388 e. The molecule has 0 atom stereocenters. The van der Waals surface area contributed by atoms with Crippen LogP contribution in [-0.2, 0) is 17.6 Å². The molecule has 1 amide bonds. The van der Waals surface area contributed by atoms with Gasteiger partial charge < -0.3 is 19.7 Å². The van der Waals surface area contributed by atoms with Gasteiger partial charge in [0, 0.05) is 49.9 Å². The van der Waals surface area contributed by atoms with Gasteiger partial charge in [-0.3, -0.25) is 4.79 Å². The molecule has 1 aliphatic heterocycles. The summed E-state index contributed by atoms with van der Waals surface area (Å²) in [5.74, 6) is -0.0713. The molecular formula is C18H22N2O3S. The van der Waals surface area contributed by atoms with Crippen molar-refractivity contribution in [2.75, 3.05) is 19.8 Å². The zero-order valence-electron chi connectivity index (χ0n) is 13.6. The van der Waals surface area contributed by atoms with Gasteiger partial charge in [-0.25, -0.2) is 0 Å². The highest BCUT2D eigenvalue weighted by Gasteiger charge is 2.32. The summed E-state index contributed by atoms with van der Waals surface area (Å²) < 4.78 is 7.31. The summed E-state index contributed by atoms with van der Waals surface area (Å²) in [6.45, 7) is 1.38. The maximum atomic E-state index is 12.9. The van der Waals surface area contributed by atoms with Crippen molar-refractivity contribution in [3.05, 3.63) is 40.5 Å². The maximum Gasteiger partial charge on any atom is 0.254 e. The predicted octanol–water partition coefficient (Wildman–Crippen LogP) is 2.30. The molecule has 2 aliphatic rings. The van der Waals surface area contributed by atoms with Crippen molar-refractivity contribution < 1.29 is 14.6 Å². The van der Waals surface area contributed by atoms with Crippen molar-refractivity contribution >= 4 is 17.2 Å². The molecule has 0 spiro atoms. The number of ether oxygens (including phenoxy) is 1. The first kappa shape index (κ1) is 15.9. The summed E-state index contributed by atoms with van der Waals surface area (Å²) in [5, 5.41) is 14.5. The molecule has 0 aromatic carbocycles. The Balaban J connectivity index is 1.58. The molecule has 1 saturated heterocycles. The summed E-state index contributed by atoms with van der Waals surface area (Å²) >= 11 is 1.71. The highest BCUT2D eigenvalue weighted by molar-refractivity contribution is 7.15. The van der Waals surface area contributed by atoms with Crippen molar-refractivity contribution in [1.82, 2.24) is 9.88 Å². The van der Waals surface area contributed by atoms with E-state index >= 15 is 0 Å². The van der Waals surface area contributed by atoms with Gasteiger partial charge >= 0.3 is 0 Å². The number of nitrogens with zero attached hydrogens (tertiary/aromatic N) is 1. The standard InChI is InChI=1S/C18H22N2O3S/c21-16(19-12-18(22)6-10-23-11-7-18)15-13-4-3-5-14(13)24-17(15)20-8-1-2-9-20/h1-2,8-9,22H,3-7,10-12H2,(H,19,21). The van der Waals surface area contributed by atoms with Crippen LogP contribution in [0.5, 0.6) is 0 Å². The average molecular weight is 346 g/mol. The second kappa shape index (κ2) is 6.35. The van der Waals surface area contributed by atoms with Gasteiger partial charge in [-0.1, -0.05) is 0 Å². The minimum atomic E-state index is -0.847. The van der Waals surface area contributed by atoms with Crippen LogP contribution < -0.4 is 5.32 Å². The third-order valence-corrected chi connectivity index (χ3v) is 6.28. The quantitative estimate of drug-likeness (QED) is 0.893. The molecule has 0 bridgehead atoms. The summed E-state index contributed by atoms with van der Waals surface area (Å²) in [7, 11) is 0. The normalized spacial score (nSPS) is 19.2. The molecular weight excluding hydrogens is 324 g/mol. The molecule has 1 fully saturated rings. The lowest BCUT2D eigenvalue weighted by Crippen LogP contribution is -2.46. The third-order valence-electron chi connectivity index (χ3n) is 4.97. The lowest BCUT2D eigenvalue weighted by molar-refractivity contribution is -0.0605. The molecule has 2 aromatic rings. The number of carbonyl (C=O) groups excluding carboxylic acids is 1. The highest BCUT2D eigenvalue weighted by Crippen LogP contribution is 2.37. The molecule has 3 heterocycles. The predicted molar refractivity (Wildman–Crippen MR) is 93.0 cm³/mol. The lowest BCUT2D eigenvalue weighted by atomic mass is 9.94. The van der Waals surface area contributed by atoms with Crippen LogP contribution in [0.25, 0.3) is 5.00 Å². The monoisotopic (exact) mass is 346 g/mol. The maximum absolute atomic E-state index is 12.9. The SMILES string of the molecule is O=C(NCC1(O)CCOCC1)c1c(-n2cccc2)sc2c1CCC2. The van der Waals surface area contributed by atoms with Crippen molar-refractivity contribution in [3.8, 4) is 5.00 Å². The zero-order chi connectivity index (χ0) is 16.6. The van der Waals surface area contributed by atoms with Gasteiger partial charge in [0.15, 0.2) is 0 Å². The fourth-order valence-corrected chi connectivity index (χ4v) is 4.89. The van der Waals surface area contributed by atoms with Crippen LogP contribution in [0.15, 0.2) is 24.5 Å². The molecule has 128 valence electrons. The second-order valence-corrected chi connectivity index (χ2v) is 7.73. The van der Waals surface area contributed by atoms with Gasteiger partial charge in [0.05, 0.1) is 11.2 Å². The van der Waals surface area contributed by atoms with E-state index in [1.165, 1.54) is 10.4 Å². The smallest absolute Gasteiger partial charge is 0.254 e. The van der Waals surface area contributed by atoms with E-state index in [2.05, 4.69) is 5.32 Å². The van der Waals surface area contributed by atoms with E-state index in [0.29, 0.717) is 26.1 Å². The van der Waals surface area contributed by atoms with Gasteiger partial charge in [0.1, 0.15) is 5.00 Å². The Hall–Kier alpha value is -1.63. The van der Waals surface area contributed by atoms with Gasteiger partial charge in [-0.2, -0.15) is 0 Å². The fraction of sp³-hybridized carbons (Fsp3) is 0.500. The van der Waals surface area contributed by atoms with E-state index in [0.717, 1.165) is 29.8 Å². The topological polar surface area (TPSA) is 63.5 Å². The van der Waals surface area contributed by atoms with Crippen LogP contribution in [0.3, 0.4) is 0 Å². The fourth-order valence-electron chi connectivity index (χ4n) is 3.54. The van der Waals surface area contributed by atoms with E-state index in [9.17, 15) is 9.90 Å². The first-order valence-electron chi connectivity index (χ1n) is 8.52. The highest BCUT2D eigenvalue weighted by atomic mass is 32.1. The molecule has 5 nitrogen and oxygen atoms in total. The molecule has 2 N–H and O–H groups in total. The van der Waals surface area contributed by atoms with E-state index in [1.807, 2.05) is 29.1 Å². The van der Waals surface area contributed by atoms with E-state index < -0.39 is 5.60 Å². The molecule has 6 heteroatoms. The Morgan fingerprint density at radius 1 is 1.29 bits per heavy atom. The average Bonchev–Trinajstić information content (AvgIpc) is 3.29. The molecule has 24 heavy (non-hydrogen) atoms. The van der Waals surface area contributed by atoms with Crippen molar-refractivity contribution in [2.24, 2.45) is 0 Å². The minimum Gasteiger partial charge on any atom is -0.388 e. The number of aliphatic hydroxyl groups is 1. The molecule has 0 unspecified atom stereocenters. The second-order valence-electron chi connectivity index (χ2n) is 6.65. The van der Waals surface area contributed by atoms with Crippen LogP contribution in [0.4, 0.5) is 0 Å². The van der Waals surface area contributed by atoms with Gasteiger partial charge in [0.2, 0.25) is 0 Å².